The summed E-state index contributed by atoms with van der Waals surface area (Å²) in [6.45, 7) is 0.828. The molecule has 24 heavy (non-hydrogen) atoms. The first-order valence-corrected chi connectivity index (χ1v) is 8.53. The third-order valence-corrected chi connectivity index (χ3v) is 4.54. The van der Waals surface area contributed by atoms with Crippen LogP contribution in [-0.2, 0) is 11.2 Å². The smallest absolute Gasteiger partial charge is 0.227 e. The van der Waals surface area contributed by atoms with Crippen LogP contribution in [0.1, 0.15) is 24.8 Å². The number of benzene rings is 2. The summed E-state index contributed by atoms with van der Waals surface area (Å²) < 4.78 is 5.37. The quantitative estimate of drug-likeness (QED) is 0.806. The lowest BCUT2D eigenvalue weighted by Crippen LogP contribution is -2.27. The molecule has 1 aliphatic rings. The predicted molar refractivity (Wildman–Crippen MR) is 97.6 cm³/mol. The van der Waals surface area contributed by atoms with Gasteiger partial charge in [-0.1, -0.05) is 24.6 Å². The van der Waals surface area contributed by atoms with E-state index in [0.717, 1.165) is 42.9 Å². The molecule has 0 atom stereocenters. The zero-order valence-electron chi connectivity index (χ0n) is 14.0. The Kier molecular flexibility index (Phi) is 5.36. The molecule has 2 aromatic rings. The van der Waals surface area contributed by atoms with Gasteiger partial charge in [0, 0.05) is 23.8 Å². The minimum atomic E-state index is 0.151. The number of rotatable bonds is 7. The van der Waals surface area contributed by atoms with E-state index in [1.807, 2.05) is 42.5 Å². The Morgan fingerprint density at radius 3 is 2.46 bits per heavy atom. The monoisotopic (exact) mass is 324 g/mol. The first kappa shape index (κ1) is 16.4. The number of nitrogens with one attached hydrogen (secondary N) is 2. The maximum absolute atomic E-state index is 11.9. The molecular weight excluding hydrogens is 300 g/mol. The van der Waals surface area contributed by atoms with Gasteiger partial charge in [-0.2, -0.15) is 0 Å². The van der Waals surface area contributed by atoms with Crippen LogP contribution in [0.2, 0.25) is 0 Å². The van der Waals surface area contributed by atoms with Crippen LogP contribution in [0.5, 0.6) is 5.75 Å². The molecule has 1 aliphatic carbocycles. The van der Waals surface area contributed by atoms with E-state index >= 15 is 0 Å². The summed E-state index contributed by atoms with van der Waals surface area (Å²) >= 11 is 0. The third kappa shape index (κ3) is 4.07. The lowest BCUT2D eigenvalue weighted by molar-refractivity contribution is -0.122. The van der Waals surface area contributed by atoms with Gasteiger partial charge < -0.3 is 15.4 Å². The zero-order chi connectivity index (χ0) is 16.8. The fourth-order valence-electron chi connectivity index (χ4n) is 2.84. The molecule has 0 spiro atoms. The Balaban J connectivity index is 1.48. The summed E-state index contributed by atoms with van der Waals surface area (Å²) in [5.41, 5.74) is 3.10. The predicted octanol–water partition coefficient (Wildman–Crippen LogP) is 4.09. The molecule has 126 valence electrons. The Morgan fingerprint density at radius 1 is 1.08 bits per heavy atom. The first-order chi connectivity index (χ1) is 11.8. The average molecular weight is 324 g/mol. The van der Waals surface area contributed by atoms with E-state index < -0.39 is 0 Å². The van der Waals surface area contributed by atoms with Crippen molar-refractivity contribution < 1.29 is 9.53 Å². The molecular formula is C20H24N2O2. The Labute approximate surface area is 143 Å². The fraction of sp³-hybridized carbons (Fsp3) is 0.350. The van der Waals surface area contributed by atoms with Crippen molar-refractivity contribution in [1.82, 2.24) is 0 Å². The van der Waals surface area contributed by atoms with Gasteiger partial charge in [0.25, 0.3) is 0 Å². The number of carbonyl (C=O) groups excluding carboxylic acids is 1. The van der Waals surface area contributed by atoms with Crippen LogP contribution in [0.4, 0.5) is 11.4 Å². The second-order valence-electron chi connectivity index (χ2n) is 6.18. The fourth-order valence-corrected chi connectivity index (χ4v) is 2.84. The van der Waals surface area contributed by atoms with Gasteiger partial charge in [-0.3, -0.25) is 4.79 Å². The first-order valence-electron chi connectivity index (χ1n) is 8.53. The third-order valence-electron chi connectivity index (χ3n) is 4.54. The highest BCUT2D eigenvalue weighted by atomic mass is 16.5. The summed E-state index contributed by atoms with van der Waals surface area (Å²) in [5, 5.41) is 6.39. The van der Waals surface area contributed by atoms with E-state index in [2.05, 4.69) is 16.7 Å². The lowest BCUT2D eigenvalue weighted by atomic mass is 9.85. The molecule has 2 aromatic carbocycles. The van der Waals surface area contributed by atoms with Crippen LogP contribution in [0, 0.1) is 5.92 Å². The molecule has 2 N–H and O–H groups in total. The number of hydrogen-bond donors (Lipinski definition) is 2. The van der Waals surface area contributed by atoms with Gasteiger partial charge in [0.1, 0.15) is 5.75 Å². The molecule has 1 amide bonds. The van der Waals surface area contributed by atoms with Gasteiger partial charge in [0.2, 0.25) is 5.91 Å². The van der Waals surface area contributed by atoms with E-state index in [1.165, 1.54) is 12.0 Å². The number of anilines is 2. The molecule has 0 aliphatic heterocycles. The van der Waals surface area contributed by atoms with Crippen molar-refractivity contribution in [2.24, 2.45) is 5.92 Å². The van der Waals surface area contributed by atoms with E-state index in [-0.39, 0.29) is 11.8 Å². The van der Waals surface area contributed by atoms with Crippen molar-refractivity contribution in [3.8, 4) is 5.75 Å². The van der Waals surface area contributed by atoms with Crippen LogP contribution in [0.3, 0.4) is 0 Å². The van der Waals surface area contributed by atoms with Gasteiger partial charge in [-0.25, -0.2) is 0 Å². The van der Waals surface area contributed by atoms with Crippen molar-refractivity contribution in [2.45, 2.75) is 25.7 Å². The van der Waals surface area contributed by atoms with Crippen LogP contribution < -0.4 is 15.4 Å². The van der Waals surface area contributed by atoms with Crippen molar-refractivity contribution in [3.05, 3.63) is 54.1 Å². The Bertz CT molecular complexity index is 678. The van der Waals surface area contributed by atoms with Crippen LogP contribution >= 0.6 is 0 Å². The molecule has 0 radical (unpaired) electrons. The summed E-state index contributed by atoms with van der Waals surface area (Å²) in [5.74, 6) is 1.29. The number of carbonyl (C=O) groups is 1. The van der Waals surface area contributed by atoms with Gasteiger partial charge in [-0.15, -0.1) is 0 Å². The molecule has 0 bridgehead atoms. The van der Waals surface area contributed by atoms with Crippen molar-refractivity contribution in [2.75, 3.05) is 24.3 Å². The number of hydrogen-bond acceptors (Lipinski definition) is 3. The topological polar surface area (TPSA) is 50.4 Å². The molecule has 0 aromatic heterocycles. The highest BCUT2D eigenvalue weighted by molar-refractivity contribution is 5.93. The van der Waals surface area contributed by atoms with Crippen LogP contribution in [0.15, 0.2) is 48.5 Å². The second-order valence-corrected chi connectivity index (χ2v) is 6.18. The molecule has 1 fully saturated rings. The molecule has 4 nitrogen and oxygen atoms in total. The summed E-state index contributed by atoms with van der Waals surface area (Å²) in [6, 6.07) is 16.0. The van der Waals surface area contributed by atoms with Crippen molar-refractivity contribution >= 4 is 17.3 Å². The van der Waals surface area contributed by atoms with Crippen LogP contribution in [-0.4, -0.2) is 19.6 Å². The largest absolute Gasteiger partial charge is 0.496 e. The number of amides is 1. The highest BCUT2D eigenvalue weighted by Gasteiger charge is 2.24. The molecule has 0 unspecified atom stereocenters. The number of para-hydroxylation sites is 1. The zero-order valence-corrected chi connectivity index (χ0v) is 14.0. The van der Waals surface area contributed by atoms with Gasteiger partial charge >= 0.3 is 0 Å². The maximum atomic E-state index is 11.9. The van der Waals surface area contributed by atoms with Crippen molar-refractivity contribution in [1.29, 1.82) is 0 Å². The summed E-state index contributed by atoms with van der Waals surface area (Å²) in [7, 11) is 1.70. The molecule has 0 saturated heterocycles. The Morgan fingerprint density at radius 2 is 1.79 bits per heavy atom. The van der Waals surface area contributed by atoms with Gasteiger partial charge in [-0.05, 0) is 55.2 Å². The van der Waals surface area contributed by atoms with E-state index in [0.29, 0.717) is 0 Å². The standard InChI is InChI=1S/C20H24N2O2/c1-24-19-8-3-2-5-15(19)13-14-21-17-9-11-18(12-10-17)22-20(23)16-6-4-7-16/h2-3,5,8-12,16,21H,4,6-7,13-14H2,1H3,(H,22,23). The van der Waals surface area contributed by atoms with E-state index in [4.69, 9.17) is 4.74 Å². The minimum absolute atomic E-state index is 0.151. The normalized spacial score (nSPS) is 13.9. The van der Waals surface area contributed by atoms with Gasteiger partial charge in [0.05, 0.1) is 7.11 Å². The second kappa shape index (κ2) is 7.86. The van der Waals surface area contributed by atoms with E-state index in [9.17, 15) is 4.79 Å². The summed E-state index contributed by atoms with van der Waals surface area (Å²) in [6.07, 6.45) is 4.11. The number of methoxy groups -OCH3 is 1. The Hall–Kier alpha value is -2.49. The SMILES string of the molecule is COc1ccccc1CCNc1ccc(NC(=O)C2CCC2)cc1. The van der Waals surface area contributed by atoms with Gasteiger partial charge in [0.15, 0.2) is 0 Å². The minimum Gasteiger partial charge on any atom is -0.496 e. The summed E-state index contributed by atoms with van der Waals surface area (Å²) in [4.78, 5) is 11.9. The van der Waals surface area contributed by atoms with E-state index in [1.54, 1.807) is 7.11 Å². The molecule has 4 heteroatoms. The maximum Gasteiger partial charge on any atom is 0.227 e. The highest BCUT2D eigenvalue weighted by Crippen LogP contribution is 2.27. The average Bonchev–Trinajstić information content (AvgIpc) is 2.55. The molecule has 1 saturated carbocycles. The van der Waals surface area contributed by atoms with Crippen molar-refractivity contribution in [3.63, 3.8) is 0 Å². The molecule has 0 heterocycles. The molecule has 3 rings (SSSR count). The lowest BCUT2D eigenvalue weighted by Gasteiger charge is -2.24. The van der Waals surface area contributed by atoms with Crippen LogP contribution in [0.25, 0.3) is 0 Å². The number of ether oxygens (including phenoxy) is 1.